The van der Waals surface area contributed by atoms with Gasteiger partial charge in [0.15, 0.2) is 10.7 Å². The van der Waals surface area contributed by atoms with Crippen LogP contribution in [-0.4, -0.2) is 28.6 Å². The molecule has 2 amide bonds. The van der Waals surface area contributed by atoms with Crippen molar-refractivity contribution in [2.45, 2.75) is 32.7 Å². The van der Waals surface area contributed by atoms with Gasteiger partial charge in [0.25, 0.3) is 0 Å². The molecule has 0 bridgehead atoms. The molecule has 4 aromatic rings. The number of rotatable bonds is 5. The molecule has 2 N–H and O–H groups in total. The number of nitrogens with one attached hydrogen (secondary N) is 2. The van der Waals surface area contributed by atoms with E-state index in [2.05, 4.69) is 20.8 Å². The Morgan fingerprint density at radius 2 is 2.09 bits per heavy atom. The van der Waals surface area contributed by atoms with Crippen molar-refractivity contribution in [3.8, 4) is 17.0 Å². The van der Waals surface area contributed by atoms with Gasteiger partial charge in [-0.05, 0) is 37.3 Å². The summed E-state index contributed by atoms with van der Waals surface area (Å²) < 4.78 is 11.0. The summed E-state index contributed by atoms with van der Waals surface area (Å²) in [4.78, 5) is 28.8. The van der Waals surface area contributed by atoms with E-state index in [1.807, 2.05) is 48.7 Å². The molecule has 1 aliphatic rings. The molecule has 168 valence electrons. The molecule has 5 rings (SSSR count). The normalized spacial score (nSPS) is 15.0. The van der Waals surface area contributed by atoms with E-state index in [9.17, 15) is 9.59 Å². The number of aromatic nitrogens is 2. The van der Waals surface area contributed by atoms with Gasteiger partial charge in [-0.1, -0.05) is 16.8 Å². The Balaban J connectivity index is 1.31. The van der Waals surface area contributed by atoms with Gasteiger partial charge < -0.3 is 19.9 Å². The first-order valence-electron chi connectivity index (χ1n) is 10.6. The maximum atomic E-state index is 12.6. The fraction of sp³-hybridized carbons (Fsp3) is 0.250. The number of fused-ring (bicyclic) bond motifs is 2. The lowest BCUT2D eigenvalue weighted by Crippen LogP contribution is -2.30. The van der Waals surface area contributed by atoms with E-state index in [0.717, 1.165) is 33.5 Å². The predicted octanol–water partition coefficient (Wildman–Crippen LogP) is 4.40. The minimum Gasteiger partial charge on any atom is -0.493 e. The summed E-state index contributed by atoms with van der Waals surface area (Å²) in [6.07, 6.45) is 0.810. The van der Waals surface area contributed by atoms with Crippen molar-refractivity contribution >= 4 is 39.3 Å². The molecule has 2 aromatic heterocycles. The van der Waals surface area contributed by atoms with Gasteiger partial charge in [-0.25, -0.2) is 4.98 Å². The number of amides is 2. The van der Waals surface area contributed by atoms with Crippen LogP contribution in [0, 0.1) is 6.92 Å². The lowest BCUT2D eigenvalue weighted by Gasteiger charge is -2.26. The molecule has 0 saturated carbocycles. The Morgan fingerprint density at radius 3 is 2.94 bits per heavy atom. The van der Waals surface area contributed by atoms with Crippen LogP contribution in [0.25, 0.3) is 22.2 Å². The Kier molecular flexibility index (Phi) is 5.55. The molecule has 0 saturated heterocycles. The van der Waals surface area contributed by atoms with Gasteiger partial charge in [0, 0.05) is 35.2 Å². The Bertz CT molecular complexity index is 1360. The topological polar surface area (TPSA) is 106 Å². The molecule has 9 heteroatoms. The second kappa shape index (κ2) is 8.67. The number of thiazole rings is 1. The fourth-order valence-corrected chi connectivity index (χ4v) is 4.69. The number of hydrogen-bond acceptors (Lipinski definition) is 7. The zero-order chi connectivity index (χ0) is 22.9. The minimum absolute atomic E-state index is 0.0769. The first-order chi connectivity index (χ1) is 16.0. The highest BCUT2D eigenvalue weighted by atomic mass is 32.1. The van der Waals surface area contributed by atoms with E-state index >= 15 is 0 Å². The van der Waals surface area contributed by atoms with E-state index in [1.165, 1.54) is 18.3 Å². The molecule has 1 unspecified atom stereocenters. The van der Waals surface area contributed by atoms with Crippen LogP contribution in [0.1, 0.15) is 36.2 Å². The molecular formula is C24H22N4O4S. The van der Waals surface area contributed by atoms with Crippen molar-refractivity contribution in [3.05, 3.63) is 58.6 Å². The summed E-state index contributed by atoms with van der Waals surface area (Å²) in [6.45, 7) is 4.06. The number of anilines is 1. The van der Waals surface area contributed by atoms with Crippen molar-refractivity contribution in [2.24, 2.45) is 0 Å². The fourth-order valence-electron chi connectivity index (χ4n) is 3.96. The molecule has 3 heterocycles. The molecule has 33 heavy (non-hydrogen) atoms. The molecule has 1 aliphatic heterocycles. The van der Waals surface area contributed by atoms with Crippen LogP contribution in [0.5, 0.6) is 5.75 Å². The lowest BCUT2D eigenvalue weighted by molar-refractivity contribution is -0.120. The zero-order valence-electron chi connectivity index (χ0n) is 18.2. The summed E-state index contributed by atoms with van der Waals surface area (Å²) in [7, 11) is 0. The SMILES string of the molecule is CC(=O)NC1CCOc2ccc(-c3csc(NC(=O)Cc4noc5ccc(C)cc45)n3)cc21. The number of nitrogens with zero attached hydrogens (tertiary/aromatic N) is 2. The summed E-state index contributed by atoms with van der Waals surface area (Å²) in [5.74, 6) is 0.478. The predicted molar refractivity (Wildman–Crippen MR) is 125 cm³/mol. The third-order valence-corrected chi connectivity index (χ3v) is 6.26. The second-order valence-corrected chi connectivity index (χ2v) is 8.89. The molecule has 0 spiro atoms. The number of carbonyl (C=O) groups excluding carboxylic acids is 2. The highest BCUT2D eigenvalue weighted by Gasteiger charge is 2.23. The average Bonchev–Trinajstić information content (AvgIpc) is 3.40. The van der Waals surface area contributed by atoms with E-state index in [1.54, 1.807) is 0 Å². The van der Waals surface area contributed by atoms with Crippen LogP contribution < -0.4 is 15.4 Å². The molecule has 8 nitrogen and oxygen atoms in total. The molecule has 0 fully saturated rings. The first-order valence-corrected chi connectivity index (χ1v) is 11.5. The molecule has 0 radical (unpaired) electrons. The van der Waals surface area contributed by atoms with Crippen molar-refractivity contribution in [1.82, 2.24) is 15.5 Å². The zero-order valence-corrected chi connectivity index (χ0v) is 19.0. The van der Waals surface area contributed by atoms with Gasteiger partial charge in [-0.3, -0.25) is 9.59 Å². The Hall–Kier alpha value is -3.72. The summed E-state index contributed by atoms with van der Waals surface area (Å²) in [5.41, 5.74) is 4.90. The average molecular weight is 463 g/mol. The van der Waals surface area contributed by atoms with Crippen LogP contribution >= 0.6 is 11.3 Å². The number of hydrogen-bond donors (Lipinski definition) is 2. The van der Waals surface area contributed by atoms with Gasteiger partial charge in [-0.15, -0.1) is 11.3 Å². The van der Waals surface area contributed by atoms with Crippen LogP contribution in [0.3, 0.4) is 0 Å². The van der Waals surface area contributed by atoms with Gasteiger partial charge >= 0.3 is 0 Å². The first kappa shape index (κ1) is 21.1. The van der Waals surface area contributed by atoms with Crippen LogP contribution in [0.2, 0.25) is 0 Å². The largest absolute Gasteiger partial charge is 0.493 e. The Labute approximate surface area is 194 Å². The molecule has 1 atom stereocenters. The quantitative estimate of drug-likeness (QED) is 0.455. The Morgan fingerprint density at radius 1 is 1.21 bits per heavy atom. The summed E-state index contributed by atoms with van der Waals surface area (Å²) in [5, 5.41) is 13.1. The van der Waals surface area contributed by atoms with Crippen molar-refractivity contribution < 1.29 is 18.8 Å². The summed E-state index contributed by atoms with van der Waals surface area (Å²) in [6, 6.07) is 11.5. The highest BCUT2D eigenvalue weighted by molar-refractivity contribution is 7.14. The molecular weight excluding hydrogens is 440 g/mol. The van der Waals surface area contributed by atoms with Crippen molar-refractivity contribution in [3.63, 3.8) is 0 Å². The standard InChI is InChI=1S/C24H22N4O4S/c1-13-3-5-22-16(9-13)19(28-32-22)11-23(30)27-24-26-20(12-33-24)15-4-6-21-17(10-15)18(7-8-31-21)25-14(2)29/h3-6,9-10,12,18H,7-8,11H2,1-2H3,(H,25,29)(H,26,27,30). The minimum atomic E-state index is -0.211. The van der Waals surface area contributed by atoms with E-state index in [0.29, 0.717) is 29.4 Å². The number of benzene rings is 2. The smallest absolute Gasteiger partial charge is 0.232 e. The van der Waals surface area contributed by atoms with Gasteiger partial charge in [0.05, 0.1) is 24.8 Å². The lowest BCUT2D eigenvalue weighted by atomic mass is 9.97. The van der Waals surface area contributed by atoms with E-state index in [4.69, 9.17) is 9.26 Å². The monoisotopic (exact) mass is 462 g/mol. The highest BCUT2D eigenvalue weighted by Crippen LogP contribution is 2.36. The molecule has 0 aliphatic carbocycles. The second-order valence-electron chi connectivity index (χ2n) is 8.03. The number of carbonyl (C=O) groups is 2. The van der Waals surface area contributed by atoms with Crippen LogP contribution in [0.4, 0.5) is 5.13 Å². The third kappa shape index (κ3) is 4.45. The van der Waals surface area contributed by atoms with Gasteiger partial charge in [-0.2, -0.15) is 0 Å². The van der Waals surface area contributed by atoms with Crippen molar-refractivity contribution in [2.75, 3.05) is 11.9 Å². The van der Waals surface area contributed by atoms with Crippen LogP contribution in [-0.2, 0) is 16.0 Å². The maximum absolute atomic E-state index is 12.6. The summed E-state index contributed by atoms with van der Waals surface area (Å²) >= 11 is 1.35. The maximum Gasteiger partial charge on any atom is 0.232 e. The van der Waals surface area contributed by atoms with E-state index < -0.39 is 0 Å². The third-order valence-electron chi connectivity index (χ3n) is 5.50. The van der Waals surface area contributed by atoms with Gasteiger partial charge in [0.1, 0.15) is 11.4 Å². The molecule has 2 aromatic carbocycles. The number of aryl methyl sites for hydroxylation is 1. The van der Waals surface area contributed by atoms with E-state index in [-0.39, 0.29) is 24.3 Å². The van der Waals surface area contributed by atoms with Crippen LogP contribution in [0.15, 0.2) is 46.3 Å². The van der Waals surface area contributed by atoms with Crippen molar-refractivity contribution in [1.29, 1.82) is 0 Å². The van der Waals surface area contributed by atoms with Gasteiger partial charge in [0.2, 0.25) is 11.8 Å². The number of ether oxygens (including phenoxy) is 1.